The minimum Gasteiger partial charge on any atom is -0.477 e. The van der Waals surface area contributed by atoms with Crippen LogP contribution in [-0.2, 0) is 0 Å². The number of hydrogen-bond acceptors (Lipinski definition) is 3. The molecule has 0 bridgehead atoms. The lowest BCUT2D eigenvalue weighted by Crippen LogP contribution is -2.28. The molecule has 1 N–H and O–H groups in total. The van der Waals surface area contributed by atoms with Crippen molar-refractivity contribution >= 4 is 28.6 Å². The SMILES string of the molecule is Cc1cc2c(cc1F)c(=O)c(C(=O)O)c1n2C(C)S1. The Labute approximate surface area is 111 Å². The molecule has 0 radical (unpaired) electrons. The van der Waals surface area contributed by atoms with Crippen LogP contribution in [0, 0.1) is 12.7 Å². The monoisotopic (exact) mass is 279 g/mol. The lowest BCUT2D eigenvalue weighted by Gasteiger charge is -2.32. The number of rotatable bonds is 1. The molecule has 2 heterocycles. The third-order valence-electron chi connectivity index (χ3n) is 3.30. The van der Waals surface area contributed by atoms with Gasteiger partial charge >= 0.3 is 5.97 Å². The Morgan fingerprint density at radius 2 is 2.16 bits per heavy atom. The molecule has 19 heavy (non-hydrogen) atoms. The first-order valence-corrected chi connectivity index (χ1v) is 6.58. The topological polar surface area (TPSA) is 59.3 Å². The van der Waals surface area contributed by atoms with Crippen molar-refractivity contribution < 1.29 is 14.3 Å². The van der Waals surface area contributed by atoms with Crippen molar-refractivity contribution in [2.24, 2.45) is 0 Å². The molecule has 0 aliphatic carbocycles. The first kappa shape index (κ1) is 12.2. The third-order valence-corrected chi connectivity index (χ3v) is 4.48. The smallest absolute Gasteiger partial charge is 0.342 e. The Morgan fingerprint density at radius 3 is 2.74 bits per heavy atom. The maximum absolute atomic E-state index is 13.6. The van der Waals surface area contributed by atoms with Crippen LogP contribution < -0.4 is 5.43 Å². The van der Waals surface area contributed by atoms with Crippen LogP contribution in [0.15, 0.2) is 22.0 Å². The Kier molecular flexibility index (Phi) is 2.47. The van der Waals surface area contributed by atoms with E-state index in [0.717, 1.165) is 6.07 Å². The molecule has 1 aromatic carbocycles. The molecule has 0 saturated heterocycles. The van der Waals surface area contributed by atoms with E-state index in [0.29, 0.717) is 16.1 Å². The van der Waals surface area contributed by atoms with E-state index >= 15 is 0 Å². The highest BCUT2D eigenvalue weighted by molar-refractivity contribution is 8.00. The lowest BCUT2D eigenvalue weighted by molar-refractivity contribution is 0.0689. The van der Waals surface area contributed by atoms with Crippen LogP contribution in [0.1, 0.15) is 28.2 Å². The quantitative estimate of drug-likeness (QED) is 0.872. The molecule has 0 spiro atoms. The summed E-state index contributed by atoms with van der Waals surface area (Å²) in [6.07, 6.45) is 0. The predicted molar refractivity (Wildman–Crippen MR) is 70.4 cm³/mol. The van der Waals surface area contributed by atoms with Crippen molar-refractivity contribution in [1.82, 2.24) is 4.57 Å². The molecule has 0 fully saturated rings. The van der Waals surface area contributed by atoms with E-state index in [9.17, 15) is 14.0 Å². The van der Waals surface area contributed by atoms with Crippen molar-refractivity contribution in [2.45, 2.75) is 24.2 Å². The van der Waals surface area contributed by atoms with E-state index in [-0.39, 0.29) is 16.3 Å². The Hall–Kier alpha value is -1.82. The Morgan fingerprint density at radius 1 is 1.47 bits per heavy atom. The molecule has 4 nitrogen and oxygen atoms in total. The highest BCUT2D eigenvalue weighted by atomic mass is 32.2. The number of aromatic nitrogens is 1. The molecule has 3 rings (SSSR count). The zero-order valence-corrected chi connectivity index (χ0v) is 11.0. The number of carboxylic acids is 1. The van der Waals surface area contributed by atoms with E-state index < -0.39 is 17.2 Å². The minimum absolute atomic E-state index is 0.0426. The standard InChI is InChI=1S/C13H10FNO3S/c1-5-3-9-7(4-8(5)14)11(16)10(13(17)18)12-15(9)6(2)19-12/h3-4,6H,1-2H3,(H,17,18). The summed E-state index contributed by atoms with van der Waals surface area (Å²) in [5.41, 5.74) is 0.148. The molecule has 1 unspecified atom stereocenters. The number of aromatic carboxylic acids is 1. The summed E-state index contributed by atoms with van der Waals surface area (Å²) < 4.78 is 15.4. The second kappa shape index (κ2) is 3.84. The maximum atomic E-state index is 13.6. The molecule has 1 aliphatic rings. The third kappa shape index (κ3) is 1.53. The summed E-state index contributed by atoms with van der Waals surface area (Å²) >= 11 is 1.34. The molecular weight excluding hydrogens is 269 g/mol. The first-order chi connectivity index (χ1) is 8.91. The molecule has 1 atom stereocenters. The normalized spacial score (nSPS) is 17.1. The van der Waals surface area contributed by atoms with Crippen LogP contribution in [0.3, 0.4) is 0 Å². The van der Waals surface area contributed by atoms with Gasteiger partial charge in [0.15, 0.2) is 0 Å². The van der Waals surface area contributed by atoms with Gasteiger partial charge in [-0.2, -0.15) is 0 Å². The van der Waals surface area contributed by atoms with Gasteiger partial charge in [0.25, 0.3) is 0 Å². The first-order valence-electron chi connectivity index (χ1n) is 5.70. The fourth-order valence-corrected chi connectivity index (χ4v) is 3.49. The van der Waals surface area contributed by atoms with Crippen molar-refractivity contribution in [2.75, 3.05) is 0 Å². The molecule has 2 aromatic rings. The number of benzene rings is 1. The number of thioether (sulfide) groups is 1. The number of halogens is 1. The van der Waals surface area contributed by atoms with Crippen LogP contribution >= 0.6 is 11.8 Å². The highest BCUT2D eigenvalue weighted by Gasteiger charge is 2.32. The van der Waals surface area contributed by atoms with Gasteiger partial charge in [-0.25, -0.2) is 9.18 Å². The van der Waals surface area contributed by atoms with Crippen LogP contribution in [0.25, 0.3) is 10.9 Å². The average molecular weight is 279 g/mol. The summed E-state index contributed by atoms with van der Waals surface area (Å²) in [6, 6.07) is 2.72. The zero-order chi connectivity index (χ0) is 13.9. The van der Waals surface area contributed by atoms with Crippen LogP contribution in [0.4, 0.5) is 4.39 Å². The van der Waals surface area contributed by atoms with Gasteiger partial charge in [-0.1, -0.05) is 11.8 Å². The second-order valence-electron chi connectivity index (χ2n) is 4.52. The zero-order valence-electron chi connectivity index (χ0n) is 10.2. The lowest BCUT2D eigenvalue weighted by atomic mass is 10.1. The van der Waals surface area contributed by atoms with E-state index in [1.54, 1.807) is 17.6 Å². The maximum Gasteiger partial charge on any atom is 0.342 e. The van der Waals surface area contributed by atoms with Crippen molar-refractivity contribution in [3.8, 4) is 0 Å². The summed E-state index contributed by atoms with van der Waals surface area (Å²) in [5.74, 6) is -1.77. The Bertz CT molecular complexity index is 797. The van der Waals surface area contributed by atoms with Crippen molar-refractivity contribution in [3.63, 3.8) is 0 Å². The number of fused-ring (bicyclic) bond motifs is 3. The molecule has 6 heteroatoms. The summed E-state index contributed by atoms with van der Waals surface area (Å²) in [5, 5.41) is 9.77. The Balaban J connectivity index is 2.54. The largest absolute Gasteiger partial charge is 0.477 e. The van der Waals surface area contributed by atoms with Crippen LogP contribution in [-0.4, -0.2) is 15.6 Å². The molecule has 0 saturated carbocycles. The van der Waals surface area contributed by atoms with Gasteiger partial charge in [-0.3, -0.25) is 4.79 Å². The fraction of sp³-hybridized carbons (Fsp3) is 0.231. The number of carbonyl (C=O) groups is 1. The van der Waals surface area contributed by atoms with E-state index in [1.165, 1.54) is 11.8 Å². The van der Waals surface area contributed by atoms with Gasteiger partial charge in [0, 0.05) is 5.39 Å². The number of hydrogen-bond donors (Lipinski definition) is 1. The molecular formula is C13H10FNO3S. The van der Waals surface area contributed by atoms with Gasteiger partial charge in [0.05, 0.1) is 15.9 Å². The number of aryl methyl sites for hydroxylation is 1. The van der Waals surface area contributed by atoms with Gasteiger partial charge in [-0.05, 0) is 31.5 Å². The van der Waals surface area contributed by atoms with Gasteiger partial charge in [-0.15, -0.1) is 0 Å². The second-order valence-corrected chi connectivity index (χ2v) is 5.82. The summed E-state index contributed by atoms with van der Waals surface area (Å²) in [6.45, 7) is 3.53. The van der Waals surface area contributed by atoms with E-state index in [1.807, 2.05) is 6.92 Å². The van der Waals surface area contributed by atoms with Gasteiger partial charge in [0.1, 0.15) is 11.4 Å². The van der Waals surface area contributed by atoms with Crippen molar-refractivity contribution in [1.29, 1.82) is 0 Å². The predicted octanol–water partition coefficient (Wildman–Crippen LogP) is 2.77. The van der Waals surface area contributed by atoms with Gasteiger partial charge in [0.2, 0.25) is 5.43 Å². The van der Waals surface area contributed by atoms with Gasteiger partial charge < -0.3 is 9.67 Å². The van der Waals surface area contributed by atoms with Crippen molar-refractivity contribution in [3.05, 3.63) is 39.3 Å². The molecule has 1 aromatic heterocycles. The highest BCUT2D eigenvalue weighted by Crippen LogP contribution is 2.46. The van der Waals surface area contributed by atoms with E-state index in [4.69, 9.17) is 5.11 Å². The minimum atomic E-state index is -1.27. The number of nitrogens with zero attached hydrogens (tertiary/aromatic N) is 1. The summed E-state index contributed by atoms with van der Waals surface area (Å²) in [4.78, 5) is 23.4. The number of carboxylic acid groups (broad SMARTS) is 1. The fourth-order valence-electron chi connectivity index (χ4n) is 2.34. The molecule has 1 aliphatic heterocycles. The molecule has 0 amide bonds. The summed E-state index contributed by atoms with van der Waals surface area (Å²) in [7, 11) is 0. The number of pyridine rings is 1. The molecule has 98 valence electrons. The van der Waals surface area contributed by atoms with Crippen LogP contribution in [0.2, 0.25) is 0 Å². The van der Waals surface area contributed by atoms with E-state index in [2.05, 4.69) is 0 Å². The average Bonchev–Trinajstić information content (AvgIpc) is 2.31. The van der Waals surface area contributed by atoms with Crippen LogP contribution in [0.5, 0.6) is 0 Å².